The molecule has 551 valence electrons. The second kappa shape index (κ2) is 51.0. The van der Waals surface area contributed by atoms with Gasteiger partial charge in [0.05, 0.1) is 5.76 Å². The van der Waals surface area contributed by atoms with Crippen molar-refractivity contribution in [3.05, 3.63) is 345 Å². The molecule has 0 aliphatic carbocycles. The van der Waals surface area contributed by atoms with Gasteiger partial charge in [0.1, 0.15) is 11.5 Å². The molecule has 7 heterocycles. The van der Waals surface area contributed by atoms with Crippen LogP contribution in [0.1, 0.15) is 77.1 Å². The van der Waals surface area contributed by atoms with Crippen molar-refractivity contribution in [2.45, 2.75) is 68.5 Å². The summed E-state index contributed by atoms with van der Waals surface area (Å²) in [5.41, 5.74) is 9.56. The predicted octanol–water partition coefficient (Wildman–Crippen LogP) is 21.0. The van der Waals surface area contributed by atoms with Crippen molar-refractivity contribution >= 4 is 28.7 Å². The Morgan fingerprint density at radius 3 is 1.21 bits per heavy atom. The molecular formula is C84H77F3Ir5N6O5S-6. The third kappa shape index (κ3) is 37.4. The van der Waals surface area contributed by atoms with Gasteiger partial charge in [-0.05, 0) is 96.9 Å². The molecule has 5 radical (unpaired) electrons. The Labute approximate surface area is 681 Å². The van der Waals surface area contributed by atoms with Crippen molar-refractivity contribution in [2.75, 3.05) is 0 Å². The molecule has 0 unspecified atom stereocenters. The number of hydrogen-bond donors (Lipinski definition) is 2. The molecule has 12 aromatic rings. The number of rotatable bonds is 9. The van der Waals surface area contributed by atoms with Gasteiger partial charge in [0.15, 0.2) is 11.6 Å². The Balaban J connectivity index is 0.00000117. The number of aromatic nitrogens is 6. The van der Waals surface area contributed by atoms with E-state index in [9.17, 15) is 32.7 Å². The molecule has 0 atom stereocenters. The van der Waals surface area contributed by atoms with Crippen LogP contribution < -0.4 is 0 Å². The fraction of sp³-hybridized carbons (Fsp3) is 0.143. The monoisotopic (exact) mass is 2300 g/mol. The number of carbonyl (C=O) groups excluding carboxylic acids is 3. The van der Waals surface area contributed by atoms with Crippen LogP contribution in [0, 0.1) is 55.0 Å². The van der Waals surface area contributed by atoms with E-state index in [2.05, 4.69) is 91.4 Å². The number of halogens is 3. The maximum absolute atomic E-state index is 12.6. The normalized spacial score (nSPS) is 10.3. The van der Waals surface area contributed by atoms with Gasteiger partial charge in [-0.25, -0.2) is 11.3 Å². The zero-order valence-corrected chi connectivity index (χ0v) is 71.1. The van der Waals surface area contributed by atoms with Crippen molar-refractivity contribution in [2.24, 2.45) is 10.8 Å². The van der Waals surface area contributed by atoms with Crippen LogP contribution in [0.3, 0.4) is 0 Å². The van der Waals surface area contributed by atoms with Gasteiger partial charge in [-0.3, -0.25) is 14.6 Å². The van der Waals surface area contributed by atoms with E-state index in [1.165, 1.54) is 37.1 Å². The molecule has 0 amide bonds. The minimum Gasteiger partial charge on any atom is -0.512 e. The first-order valence-corrected chi connectivity index (χ1v) is 31.9. The van der Waals surface area contributed by atoms with Gasteiger partial charge in [-0.1, -0.05) is 143 Å². The molecule has 0 spiro atoms. The molecule has 0 saturated carbocycles. The Morgan fingerprint density at radius 1 is 0.442 bits per heavy atom. The van der Waals surface area contributed by atoms with E-state index < -0.39 is 17.3 Å². The van der Waals surface area contributed by atoms with Crippen molar-refractivity contribution in [1.82, 2.24) is 29.9 Å². The number of ketones is 3. The zero-order valence-electron chi connectivity index (χ0n) is 58.3. The third-order valence-corrected chi connectivity index (χ3v) is 13.7. The molecule has 5 aromatic carbocycles. The summed E-state index contributed by atoms with van der Waals surface area (Å²) in [6.45, 7) is 18.8. The van der Waals surface area contributed by atoms with Gasteiger partial charge >= 0.3 is 6.18 Å². The molecule has 0 fully saturated rings. The van der Waals surface area contributed by atoms with Crippen LogP contribution >= 0.6 is 11.3 Å². The minimum absolute atomic E-state index is 0. The fourth-order valence-corrected chi connectivity index (χ4v) is 8.51. The molecule has 0 aliphatic rings. The summed E-state index contributed by atoms with van der Waals surface area (Å²) in [7, 11) is 0. The van der Waals surface area contributed by atoms with E-state index in [0.717, 1.165) is 50.4 Å². The van der Waals surface area contributed by atoms with E-state index in [1.54, 1.807) is 97.8 Å². The molecule has 0 saturated heterocycles. The van der Waals surface area contributed by atoms with Gasteiger partial charge in [0.2, 0.25) is 0 Å². The standard InChI is InChI=1S/C17H12N.C13H9F3N.2C11H8N.C11H20O2.C9H6NS.C7H6NO.C5H8O2.5Ir/c1-2-7-14(8-3-1)15-9-6-10-16(13-15)17-11-4-5-12-18-17;1-9-7-11(10-5-3-2-4-6-10)17-12(8-9)13(14,15)16;2*1-2-6-10(7-3-1)11-8-4-5-9-12-11;1-10(2,3)8(12)7-9(13)11(4,5)6;1-2-6-10-8(4-1)9-5-3-7-11-9;1-6(9)7-4-2-3-5-8-7;1-4(6)3-5(2)7;;;;;/h1-9,11-13H;2-5,7-8H,1H3;2*1-6,8-9H;7,12H,1-6H3;1-4,6-7H;2-5H,1H2;3,6H,1-2H3;;;;;/q4*-1;;2*-1;;;;;;. The molecule has 20 heteroatoms. The number of allylic oxidation sites excluding steroid dienone is 4. The van der Waals surface area contributed by atoms with E-state index in [0.29, 0.717) is 16.8 Å². The van der Waals surface area contributed by atoms with Gasteiger partial charge < -0.3 is 39.9 Å². The first kappa shape index (κ1) is 95.7. The molecule has 0 aliphatic heterocycles. The van der Waals surface area contributed by atoms with Crippen LogP contribution in [0.2, 0.25) is 0 Å². The number of nitrogens with zero attached hydrogens (tertiary/aromatic N) is 6. The average molecular weight is 2300 g/mol. The second-order valence-corrected chi connectivity index (χ2v) is 24.2. The van der Waals surface area contributed by atoms with Crippen LogP contribution in [-0.4, -0.2) is 57.5 Å². The van der Waals surface area contributed by atoms with Crippen LogP contribution in [0.25, 0.3) is 66.7 Å². The second-order valence-electron chi connectivity index (χ2n) is 23.3. The predicted molar refractivity (Wildman–Crippen MR) is 391 cm³/mol. The number of Topliss-reactive ketones (excluding diaryl/α,β-unsaturated/α-hetero) is 1. The molecular weight excluding hydrogens is 2220 g/mol. The zero-order chi connectivity index (χ0) is 72.1. The third-order valence-electron chi connectivity index (χ3n) is 12.9. The largest absolute Gasteiger partial charge is 0.512 e. The summed E-state index contributed by atoms with van der Waals surface area (Å²) in [5.74, 6) is -0.199. The van der Waals surface area contributed by atoms with Gasteiger partial charge in [-0.15, -0.1) is 155 Å². The van der Waals surface area contributed by atoms with Gasteiger partial charge in [-0.2, -0.15) is 32.2 Å². The molecule has 12 rings (SSSR count). The first-order valence-electron chi connectivity index (χ1n) is 31.0. The molecule has 7 aromatic heterocycles. The Kier molecular flexibility index (Phi) is 46.9. The van der Waals surface area contributed by atoms with Crippen molar-refractivity contribution in [1.29, 1.82) is 0 Å². The van der Waals surface area contributed by atoms with Crippen LogP contribution in [0.15, 0.2) is 291 Å². The quantitative estimate of drug-likeness (QED) is 0.0610. The minimum atomic E-state index is -4.42. The van der Waals surface area contributed by atoms with Gasteiger partial charge in [0.25, 0.3) is 0 Å². The topological polar surface area (TPSA) is 169 Å². The van der Waals surface area contributed by atoms with E-state index >= 15 is 0 Å². The summed E-state index contributed by atoms with van der Waals surface area (Å²) >= 11 is 1.66. The van der Waals surface area contributed by atoms with Crippen LogP contribution in [0.5, 0.6) is 0 Å². The maximum Gasteiger partial charge on any atom is 0.432 e. The van der Waals surface area contributed by atoms with Crippen LogP contribution in [-0.2, 0) is 116 Å². The van der Waals surface area contributed by atoms with E-state index in [1.807, 2.05) is 199 Å². The molecule has 2 N–H and O–H groups in total. The number of aliphatic hydroxyl groups excluding tert-OH is 2. The smallest absolute Gasteiger partial charge is 0.432 e. The van der Waals surface area contributed by atoms with Crippen LogP contribution in [0.4, 0.5) is 13.2 Å². The SMILES string of the molecule is CC(=O)C=C(C)O.CC(C)(C)C(=O)C=C(O)C(C)(C)C.Cc1cc(-c2[c-]cccc2)nc(C(F)(F)F)c1.[CH2-]C(=O)c1ccccn1.[Ir].[Ir].[Ir].[Ir].[Ir].[c-]1ccc(-c2ccccc2)cc1-c1ccccn1.[c-]1ccccc1-c1ccccn1.[c-]1ccccc1-c1ccccn1.[c-]1ccsc1-c1ccccn1. The van der Waals surface area contributed by atoms with Gasteiger partial charge in [0, 0.05) is 160 Å². The maximum atomic E-state index is 12.6. The summed E-state index contributed by atoms with van der Waals surface area (Å²) in [6.07, 6.45) is 6.82. The fourth-order valence-electron chi connectivity index (χ4n) is 7.86. The number of aryl methyl sites for hydroxylation is 1. The number of alkyl halides is 3. The Bertz CT molecular complexity index is 4150. The first-order chi connectivity index (χ1) is 47.3. The number of aliphatic hydroxyl groups is 2. The number of thiophene rings is 1. The Morgan fingerprint density at radius 2 is 0.865 bits per heavy atom. The molecule has 104 heavy (non-hydrogen) atoms. The average Bonchev–Trinajstić information content (AvgIpc) is 0.934. The Hall–Kier alpha value is -8.30. The van der Waals surface area contributed by atoms with E-state index in [-0.39, 0.29) is 141 Å². The summed E-state index contributed by atoms with van der Waals surface area (Å²) in [4.78, 5) is 57.5. The van der Waals surface area contributed by atoms with Crippen molar-refractivity contribution in [3.8, 4) is 66.7 Å². The van der Waals surface area contributed by atoms with E-state index in [4.69, 9.17) is 5.11 Å². The molecule has 11 nitrogen and oxygen atoms in total. The van der Waals surface area contributed by atoms with Crippen molar-refractivity contribution < 1.29 is 138 Å². The number of benzene rings is 5. The van der Waals surface area contributed by atoms with Crippen molar-refractivity contribution in [3.63, 3.8) is 0 Å². The summed E-state index contributed by atoms with van der Waals surface area (Å²) in [6, 6.07) is 87.6. The number of carbonyl (C=O) groups is 3. The summed E-state index contributed by atoms with van der Waals surface area (Å²) < 4.78 is 37.8. The summed E-state index contributed by atoms with van der Waals surface area (Å²) in [5, 5.41) is 19.9. The number of hydrogen-bond acceptors (Lipinski definition) is 12. The number of pyridine rings is 6. The molecule has 0 bridgehead atoms.